The zero-order valence-corrected chi connectivity index (χ0v) is 18.2. The van der Waals surface area contributed by atoms with Crippen molar-refractivity contribution in [2.45, 2.75) is 97.0 Å². The Morgan fingerprint density at radius 1 is 0.786 bits per heavy atom. The van der Waals surface area contributed by atoms with E-state index < -0.39 is 32.5 Å². The fraction of sp³-hybridized carbons (Fsp3) is 0.895. The van der Waals surface area contributed by atoms with Gasteiger partial charge in [-0.3, -0.25) is 14.1 Å². The Kier molecular flexibility index (Phi) is 16.4. The van der Waals surface area contributed by atoms with Crippen LogP contribution in [0.1, 0.15) is 90.9 Å². The highest BCUT2D eigenvalue weighted by atomic mass is 31.2. The Hall–Kier alpha value is -0.950. The molecular weight excluding hydrogens is 387 g/mol. The van der Waals surface area contributed by atoms with Gasteiger partial charge in [-0.15, -0.1) is 0 Å². The van der Waals surface area contributed by atoms with Crippen molar-refractivity contribution in [2.24, 2.45) is 0 Å². The van der Waals surface area contributed by atoms with Gasteiger partial charge in [0.15, 0.2) is 6.10 Å². The van der Waals surface area contributed by atoms with Crippen LogP contribution in [0.5, 0.6) is 0 Å². The second-order valence-electron chi connectivity index (χ2n) is 6.91. The average molecular weight is 424 g/mol. The van der Waals surface area contributed by atoms with Crippen molar-refractivity contribution in [3.8, 4) is 0 Å². The van der Waals surface area contributed by atoms with E-state index in [1.54, 1.807) is 0 Å². The molecule has 0 aromatic rings. The molecule has 0 aliphatic heterocycles. The molecule has 9 heteroatoms. The number of hydrogen-bond acceptors (Lipinski definition) is 6. The van der Waals surface area contributed by atoms with Crippen LogP contribution in [0.2, 0.25) is 0 Å². The van der Waals surface area contributed by atoms with Gasteiger partial charge < -0.3 is 19.3 Å². The summed E-state index contributed by atoms with van der Waals surface area (Å²) < 4.78 is 25.5. The second-order valence-corrected chi connectivity index (χ2v) is 8.15. The van der Waals surface area contributed by atoms with Crippen LogP contribution in [0.15, 0.2) is 0 Å². The van der Waals surface area contributed by atoms with Gasteiger partial charge in [-0.05, 0) is 12.8 Å². The van der Waals surface area contributed by atoms with E-state index in [0.717, 1.165) is 32.1 Å². The summed E-state index contributed by atoms with van der Waals surface area (Å²) in [5.41, 5.74) is 0. The van der Waals surface area contributed by atoms with E-state index in [1.807, 2.05) is 6.92 Å². The van der Waals surface area contributed by atoms with Gasteiger partial charge in [0.05, 0.1) is 6.61 Å². The first-order chi connectivity index (χ1) is 13.3. The first kappa shape index (κ1) is 27.0. The van der Waals surface area contributed by atoms with Gasteiger partial charge in [0.1, 0.15) is 6.61 Å². The zero-order valence-electron chi connectivity index (χ0n) is 17.3. The predicted molar refractivity (Wildman–Crippen MR) is 106 cm³/mol. The monoisotopic (exact) mass is 424 g/mol. The molecule has 0 aliphatic carbocycles. The molecule has 0 heterocycles. The van der Waals surface area contributed by atoms with Crippen LogP contribution in [0.4, 0.5) is 0 Å². The summed E-state index contributed by atoms with van der Waals surface area (Å²) in [5.74, 6) is -0.923. The predicted octanol–water partition coefficient (Wildman–Crippen LogP) is 4.27. The van der Waals surface area contributed by atoms with Crippen LogP contribution in [-0.4, -0.2) is 41.0 Å². The number of unbranched alkanes of at least 4 members (excludes halogenated alkanes) is 8. The standard InChI is InChI=1S/C19H37O8P/c1-3-5-7-8-9-10-12-13-18(20)25-15-17(16-26-28(22,23)24)27-19(21)14-11-6-4-2/h17H,3-16H2,1-2H3,(H2,22,23,24)/t17-/m1/s1. The van der Waals surface area contributed by atoms with Crippen molar-refractivity contribution >= 4 is 19.8 Å². The highest BCUT2D eigenvalue weighted by Gasteiger charge is 2.22. The number of phosphoric ester groups is 1. The first-order valence-corrected chi connectivity index (χ1v) is 11.9. The van der Waals surface area contributed by atoms with Crippen LogP contribution < -0.4 is 0 Å². The first-order valence-electron chi connectivity index (χ1n) is 10.3. The van der Waals surface area contributed by atoms with Crippen molar-refractivity contribution in [2.75, 3.05) is 13.2 Å². The van der Waals surface area contributed by atoms with Crippen LogP contribution in [0.25, 0.3) is 0 Å². The number of phosphoric acid groups is 1. The Morgan fingerprint density at radius 2 is 1.29 bits per heavy atom. The molecule has 0 saturated carbocycles. The minimum absolute atomic E-state index is 0.201. The molecule has 0 aromatic heterocycles. The molecule has 0 aromatic carbocycles. The molecule has 0 rings (SSSR count). The number of ether oxygens (including phenoxy) is 2. The van der Waals surface area contributed by atoms with E-state index in [0.29, 0.717) is 6.42 Å². The Labute approximate surface area is 168 Å². The molecular formula is C19H37O8P. The highest BCUT2D eigenvalue weighted by molar-refractivity contribution is 7.46. The molecule has 0 radical (unpaired) electrons. The third-order valence-electron chi connectivity index (χ3n) is 4.13. The molecule has 1 atom stereocenters. The summed E-state index contributed by atoms with van der Waals surface area (Å²) in [6.07, 6.45) is 9.50. The Balaban J connectivity index is 4.17. The third-order valence-corrected chi connectivity index (χ3v) is 4.61. The maximum Gasteiger partial charge on any atom is 0.469 e. The number of esters is 2. The molecule has 0 spiro atoms. The topological polar surface area (TPSA) is 119 Å². The fourth-order valence-electron chi connectivity index (χ4n) is 2.55. The number of carbonyl (C=O) groups is 2. The van der Waals surface area contributed by atoms with E-state index in [9.17, 15) is 14.2 Å². The van der Waals surface area contributed by atoms with E-state index >= 15 is 0 Å². The molecule has 28 heavy (non-hydrogen) atoms. The summed E-state index contributed by atoms with van der Waals surface area (Å²) >= 11 is 0. The summed E-state index contributed by atoms with van der Waals surface area (Å²) in [6.45, 7) is 3.35. The van der Waals surface area contributed by atoms with Crippen LogP contribution in [0.3, 0.4) is 0 Å². The lowest BCUT2D eigenvalue weighted by molar-refractivity contribution is -0.161. The largest absolute Gasteiger partial charge is 0.469 e. The van der Waals surface area contributed by atoms with E-state index in [-0.39, 0.29) is 19.4 Å². The lowest BCUT2D eigenvalue weighted by Gasteiger charge is -2.18. The smallest absolute Gasteiger partial charge is 0.462 e. The zero-order chi connectivity index (χ0) is 21.3. The molecule has 0 bridgehead atoms. The average Bonchev–Trinajstić information content (AvgIpc) is 2.62. The molecule has 0 fully saturated rings. The lowest BCUT2D eigenvalue weighted by atomic mass is 10.1. The van der Waals surface area contributed by atoms with Crippen LogP contribution in [-0.2, 0) is 28.2 Å². The van der Waals surface area contributed by atoms with Gasteiger partial charge in [-0.2, -0.15) is 0 Å². The van der Waals surface area contributed by atoms with Gasteiger partial charge >= 0.3 is 19.8 Å². The second kappa shape index (κ2) is 17.0. The van der Waals surface area contributed by atoms with Crippen LogP contribution in [0, 0.1) is 0 Å². The van der Waals surface area contributed by atoms with Crippen molar-refractivity contribution in [3.05, 3.63) is 0 Å². The maximum atomic E-state index is 11.8. The molecule has 0 amide bonds. The van der Waals surface area contributed by atoms with Crippen molar-refractivity contribution < 1.29 is 37.9 Å². The minimum atomic E-state index is -4.70. The summed E-state index contributed by atoms with van der Waals surface area (Å²) in [7, 11) is -4.70. The van der Waals surface area contributed by atoms with Crippen molar-refractivity contribution in [1.82, 2.24) is 0 Å². The van der Waals surface area contributed by atoms with Crippen molar-refractivity contribution in [1.29, 1.82) is 0 Å². The molecule has 0 saturated heterocycles. The minimum Gasteiger partial charge on any atom is -0.462 e. The third kappa shape index (κ3) is 18.4. The summed E-state index contributed by atoms with van der Waals surface area (Å²) in [4.78, 5) is 41.3. The van der Waals surface area contributed by atoms with Gasteiger partial charge in [0.25, 0.3) is 0 Å². The Bertz CT molecular complexity index is 463. The van der Waals surface area contributed by atoms with Gasteiger partial charge in [-0.1, -0.05) is 65.2 Å². The molecule has 0 unspecified atom stereocenters. The van der Waals surface area contributed by atoms with Gasteiger partial charge in [0.2, 0.25) is 0 Å². The number of hydrogen-bond donors (Lipinski definition) is 2. The summed E-state index contributed by atoms with van der Waals surface area (Å²) in [5, 5.41) is 0. The van der Waals surface area contributed by atoms with Gasteiger partial charge in [-0.25, -0.2) is 4.57 Å². The highest BCUT2D eigenvalue weighted by Crippen LogP contribution is 2.35. The molecule has 0 aliphatic rings. The van der Waals surface area contributed by atoms with Gasteiger partial charge in [0, 0.05) is 12.8 Å². The quantitative estimate of drug-likeness (QED) is 0.190. The van der Waals surface area contributed by atoms with E-state index in [4.69, 9.17) is 19.3 Å². The maximum absolute atomic E-state index is 11.8. The normalized spacial score (nSPS) is 12.6. The summed E-state index contributed by atoms with van der Waals surface area (Å²) in [6, 6.07) is 0. The molecule has 8 nitrogen and oxygen atoms in total. The molecule has 2 N–H and O–H groups in total. The van der Waals surface area contributed by atoms with Crippen molar-refractivity contribution in [3.63, 3.8) is 0 Å². The lowest BCUT2D eigenvalue weighted by Crippen LogP contribution is -2.29. The Morgan fingerprint density at radius 3 is 1.89 bits per heavy atom. The SMILES string of the molecule is CCCCCCCCCC(=O)OC[C@H](COP(=O)(O)O)OC(=O)CCCCC. The number of rotatable bonds is 18. The van der Waals surface area contributed by atoms with Crippen LogP contribution >= 0.6 is 7.82 Å². The molecule has 166 valence electrons. The van der Waals surface area contributed by atoms with E-state index in [1.165, 1.54) is 25.7 Å². The number of carbonyl (C=O) groups excluding carboxylic acids is 2. The fourth-order valence-corrected chi connectivity index (χ4v) is 2.91. The van der Waals surface area contributed by atoms with E-state index in [2.05, 4.69) is 11.4 Å².